The lowest BCUT2D eigenvalue weighted by atomic mass is 10.1. The maximum absolute atomic E-state index is 5.82. The van der Waals surface area contributed by atoms with Crippen LogP contribution in [0.3, 0.4) is 0 Å². The molecule has 2 N–H and O–H groups in total. The second-order valence-electron chi connectivity index (χ2n) is 3.57. The van der Waals surface area contributed by atoms with Gasteiger partial charge in [-0.2, -0.15) is 0 Å². The van der Waals surface area contributed by atoms with Gasteiger partial charge in [0.2, 0.25) is 0 Å². The van der Waals surface area contributed by atoms with Gasteiger partial charge in [0.1, 0.15) is 0 Å². The molecule has 88 valence electrons. The molecule has 2 rings (SSSR count). The predicted molar refractivity (Wildman–Crippen MR) is 76.0 cm³/mol. The number of benzene rings is 1. The monoisotopic (exact) mass is 308 g/mol. The van der Waals surface area contributed by atoms with Gasteiger partial charge in [0.05, 0.1) is 5.03 Å². The molecule has 0 aliphatic heterocycles. The second-order valence-corrected chi connectivity index (χ2v) is 5.71. The van der Waals surface area contributed by atoms with Gasteiger partial charge >= 0.3 is 0 Å². The zero-order valence-corrected chi connectivity index (χ0v) is 11.6. The number of halogens is 1. The molecule has 1 aromatic heterocycles. The molecular formula is C13H13BrN2S. The first-order valence-corrected chi connectivity index (χ1v) is 7.00. The van der Waals surface area contributed by atoms with Crippen molar-refractivity contribution >= 4 is 27.7 Å². The number of aromatic nitrogens is 1. The van der Waals surface area contributed by atoms with E-state index in [4.69, 9.17) is 5.73 Å². The molecule has 0 bridgehead atoms. The van der Waals surface area contributed by atoms with E-state index in [2.05, 4.69) is 33.0 Å². The van der Waals surface area contributed by atoms with E-state index in [-0.39, 0.29) is 5.25 Å². The smallest absolute Gasteiger partial charge is 0.0967 e. The van der Waals surface area contributed by atoms with Crippen LogP contribution in [0.2, 0.25) is 0 Å². The Morgan fingerprint density at radius 1 is 1.18 bits per heavy atom. The van der Waals surface area contributed by atoms with Gasteiger partial charge in [-0.3, -0.25) is 0 Å². The molecule has 0 aliphatic carbocycles. The number of nitrogens with two attached hydrogens (primary N) is 1. The Kier molecular flexibility index (Phi) is 4.59. The fraction of sp³-hybridized carbons (Fsp3) is 0.154. The molecule has 0 spiro atoms. The van der Waals surface area contributed by atoms with Crippen molar-refractivity contribution in [2.75, 3.05) is 6.54 Å². The maximum Gasteiger partial charge on any atom is 0.0967 e. The molecule has 0 aliphatic rings. The van der Waals surface area contributed by atoms with Gasteiger partial charge in [-0.1, -0.05) is 42.1 Å². The van der Waals surface area contributed by atoms with E-state index in [1.54, 1.807) is 18.0 Å². The van der Waals surface area contributed by atoms with Crippen LogP contribution >= 0.6 is 27.7 Å². The van der Waals surface area contributed by atoms with Gasteiger partial charge < -0.3 is 5.73 Å². The lowest BCUT2D eigenvalue weighted by Crippen LogP contribution is -2.09. The molecule has 2 aromatic rings. The van der Waals surface area contributed by atoms with Crippen LogP contribution in [-0.4, -0.2) is 11.5 Å². The van der Waals surface area contributed by atoms with Gasteiger partial charge in [0.15, 0.2) is 0 Å². The van der Waals surface area contributed by atoms with Crippen molar-refractivity contribution in [1.29, 1.82) is 0 Å². The molecular weight excluding hydrogens is 296 g/mol. The largest absolute Gasteiger partial charge is 0.329 e. The van der Waals surface area contributed by atoms with E-state index in [1.165, 1.54) is 5.56 Å². The Morgan fingerprint density at radius 2 is 1.94 bits per heavy atom. The Labute approximate surface area is 114 Å². The Morgan fingerprint density at radius 3 is 2.53 bits per heavy atom. The Hall–Kier alpha value is -0.840. The third kappa shape index (κ3) is 3.56. The van der Waals surface area contributed by atoms with E-state index in [0.717, 1.165) is 9.50 Å². The highest BCUT2D eigenvalue weighted by Crippen LogP contribution is 2.33. The fourth-order valence-electron chi connectivity index (χ4n) is 1.50. The van der Waals surface area contributed by atoms with Crippen molar-refractivity contribution in [2.24, 2.45) is 5.73 Å². The summed E-state index contributed by atoms with van der Waals surface area (Å²) in [6, 6.07) is 14.3. The van der Waals surface area contributed by atoms with E-state index in [9.17, 15) is 0 Å². The molecule has 0 fully saturated rings. The molecule has 0 radical (unpaired) electrons. The van der Waals surface area contributed by atoms with Gasteiger partial charge in [-0.25, -0.2) is 4.98 Å². The summed E-state index contributed by atoms with van der Waals surface area (Å²) in [7, 11) is 0. The summed E-state index contributed by atoms with van der Waals surface area (Å²) in [6.07, 6.45) is 1.81. The minimum atomic E-state index is 0.255. The van der Waals surface area contributed by atoms with Crippen LogP contribution in [0.15, 0.2) is 58.2 Å². The first-order valence-electron chi connectivity index (χ1n) is 5.33. The highest BCUT2D eigenvalue weighted by atomic mass is 79.9. The van der Waals surface area contributed by atoms with Crippen LogP contribution in [0.25, 0.3) is 0 Å². The van der Waals surface area contributed by atoms with Crippen LogP contribution < -0.4 is 5.73 Å². The summed E-state index contributed by atoms with van der Waals surface area (Å²) < 4.78 is 0.992. The van der Waals surface area contributed by atoms with Crippen LogP contribution in [0, 0.1) is 0 Å². The minimum Gasteiger partial charge on any atom is -0.329 e. The van der Waals surface area contributed by atoms with E-state index < -0.39 is 0 Å². The molecule has 0 amide bonds. The number of pyridine rings is 1. The number of rotatable bonds is 4. The van der Waals surface area contributed by atoms with E-state index in [0.29, 0.717) is 6.54 Å². The normalized spacial score (nSPS) is 12.4. The minimum absolute atomic E-state index is 0.255. The van der Waals surface area contributed by atoms with Crippen LogP contribution in [0.5, 0.6) is 0 Å². The van der Waals surface area contributed by atoms with Crippen molar-refractivity contribution in [3.8, 4) is 0 Å². The molecule has 0 saturated heterocycles. The Balaban J connectivity index is 2.13. The zero-order chi connectivity index (χ0) is 12.1. The second kappa shape index (κ2) is 6.19. The maximum atomic E-state index is 5.82. The van der Waals surface area contributed by atoms with Crippen molar-refractivity contribution in [3.05, 3.63) is 58.7 Å². The summed E-state index contributed by atoms with van der Waals surface area (Å²) >= 11 is 5.07. The van der Waals surface area contributed by atoms with Gasteiger partial charge in [-0.15, -0.1) is 0 Å². The number of thioether (sulfide) groups is 1. The summed E-state index contributed by atoms with van der Waals surface area (Å²) in [4.78, 5) is 4.35. The van der Waals surface area contributed by atoms with Crippen LogP contribution in [0.1, 0.15) is 10.8 Å². The van der Waals surface area contributed by atoms with Crippen molar-refractivity contribution in [3.63, 3.8) is 0 Å². The summed E-state index contributed by atoms with van der Waals surface area (Å²) in [6.45, 7) is 0.604. The fourth-order valence-corrected chi connectivity index (χ4v) is 2.67. The lowest BCUT2D eigenvalue weighted by molar-refractivity contribution is 0.934. The molecule has 1 heterocycles. The Bertz CT molecular complexity index is 459. The number of hydrogen-bond acceptors (Lipinski definition) is 3. The average Bonchev–Trinajstić information content (AvgIpc) is 2.39. The first-order chi connectivity index (χ1) is 8.29. The molecule has 1 unspecified atom stereocenters. The predicted octanol–water partition coefficient (Wildman–Crippen LogP) is 3.64. The highest BCUT2D eigenvalue weighted by molar-refractivity contribution is 9.10. The molecule has 0 saturated carbocycles. The van der Waals surface area contributed by atoms with Crippen molar-refractivity contribution in [1.82, 2.24) is 4.98 Å². The van der Waals surface area contributed by atoms with E-state index in [1.807, 2.05) is 30.3 Å². The van der Waals surface area contributed by atoms with E-state index >= 15 is 0 Å². The van der Waals surface area contributed by atoms with Crippen LogP contribution in [-0.2, 0) is 0 Å². The molecule has 17 heavy (non-hydrogen) atoms. The topological polar surface area (TPSA) is 38.9 Å². The molecule has 4 heteroatoms. The highest BCUT2D eigenvalue weighted by Gasteiger charge is 2.11. The van der Waals surface area contributed by atoms with Gasteiger partial charge in [0.25, 0.3) is 0 Å². The SMILES string of the molecule is NCC(Sc1ccc(Br)cn1)c1ccccc1. The summed E-state index contributed by atoms with van der Waals surface area (Å²) in [5.41, 5.74) is 7.07. The third-order valence-electron chi connectivity index (χ3n) is 2.35. The first kappa shape index (κ1) is 12.6. The zero-order valence-electron chi connectivity index (χ0n) is 9.21. The summed E-state index contributed by atoms with van der Waals surface area (Å²) in [5, 5.41) is 1.25. The quantitative estimate of drug-likeness (QED) is 0.877. The number of nitrogens with zero attached hydrogens (tertiary/aromatic N) is 1. The van der Waals surface area contributed by atoms with Crippen molar-refractivity contribution < 1.29 is 0 Å². The van der Waals surface area contributed by atoms with Gasteiger partial charge in [-0.05, 0) is 33.6 Å². The van der Waals surface area contributed by atoms with Crippen molar-refractivity contribution in [2.45, 2.75) is 10.3 Å². The average molecular weight is 309 g/mol. The standard InChI is InChI=1S/C13H13BrN2S/c14-11-6-7-13(16-9-11)17-12(8-15)10-4-2-1-3-5-10/h1-7,9,12H,8,15H2. The van der Waals surface area contributed by atoms with Crippen LogP contribution in [0.4, 0.5) is 0 Å². The number of hydrogen-bond donors (Lipinski definition) is 1. The molecule has 1 atom stereocenters. The van der Waals surface area contributed by atoms with Gasteiger partial charge in [0, 0.05) is 22.5 Å². The summed E-state index contributed by atoms with van der Waals surface area (Å²) in [5.74, 6) is 0. The third-order valence-corrected chi connectivity index (χ3v) is 4.05. The molecule has 2 nitrogen and oxygen atoms in total. The lowest BCUT2D eigenvalue weighted by Gasteiger charge is -2.14. The molecule has 1 aromatic carbocycles.